The Kier molecular flexibility index (Phi) is 5.13. The second kappa shape index (κ2) is 8.11. The van der Waals surface area contributed by atoms with Gasteiger partial charge in [0.2, 0.25) is 0 Å². The summed E-state index contributed by atoms with van der Waals surface area (Å²) in [6, 6.07) is 7.69. The van der Waals surface area contributed by atoms with Crippen molar-refractivity contribution in [1.82, 2.24) is 18.8 Å². The van der Waals surface area contributed by atoms with E-state index in [0.717, 1.165) is 24.0 Å². The molecule has 164 valence electrons. The molecule has 4 aromatic rings. The number of aryl methyl sites for hydroxylation is 2. The number of aromatic nitrogens is 4. The molecule has 0 bridgehead atoms. The van der Waals surface area contributed by atoms with Gasteiger partial charge in [0.05, 0.1) is 0 Å². The van der Waals surface area contributed by atoms with Crippen LogP contribution in [-0.2, 0) is 9.47 Å². The minimum atomic E-state index is -0.512. The molecule has 32 heavy (non-hydrogen) atoms. The number of carbonyl (C=O) groups excluding carboxylic acids is 2. The van der Waals surface area contributed by atoms with Gasteiger partial charge in [0.25, 0.3) is 0 Å². The molecule has 8 heteroatoms. The van der Waals surface area contributed by atoms with Crippen LogP contribution in [0.4, 0.5) is 0 Å². The zero-order valence-corrected chi connectivity index (χ0v) is 18.0. The molecule has 0 aromatic carbocycles. The first kappa shape index (κ1) is 20.2. The Balaban J connectivity index is 1.30. The van der Waals surface area contributed by atoms with E-state index in [1.165, 1.54) is 0 Å². The largest absolute Gasteiger partial charge is 0.454 e. The van der Waals surface area contributed by atoms with Gasteiger partial charge in [-0.25, -0.2) is 19.6 Å². The van der Waals surface area contributed by atoms with Gasteiger partial charge in [-0.05, 0) is 74.9 Å². The van der Waals surface area contributed by atoms with Crippen LogP contribution in [0, 0.1) is 13.8 Å². The molecule has 1 aliphatic rings. The van der Waals surface area contributed by atoms with Crippen LogP contribution >= 0.6 is 0 Å². The molecule has 0 radical (unpaired) electrons. The first-order chi connectivity index (χ1) is 15.5. The highest BCUT2D eigenvalue weighted by Gasteiger charge is 2.33. The van der Waals surface area contributed by atoms with E-state index in [4.69, 9.17) is 9.47 Å². The molecule has 2 unspecified atom stereocenters. The fourth-order valence-corrected chi connectivity index (χ4v) is 4.09. The van der Waals surface area contributed by atoms with E-state index in [0.29, 0.717) is 24.1 Å². The Labute approximate surface area is 184 Å². The summed E-state index contributed by atoms with van der Waals surface area (Å²) < 4.78 is 15.1. The van der Waals surface area contributed by atoms with Gasteiger partial charge in [0, 0.05) is 24.8 Å². The maximum atomic E-state index is 12.8. The fraction of sp³-hybridized carbons (Fsp3) is 0.333. The molecule has 4 aromatic heterocycles. The number of esters is 2. The van der Waals surface area contributed by atoms with Crippen LogP contribution in [0.3, 0.4) is 0 Å². The van der Waals surface area contributed by atoms with Gasteiger partial charge >= 0.3 is 11.9 Å². The predicted molar refractivity (Wildman–Crippen MR) is 117 cm³/mol. The lowest BCUT2D eigenvalue weighted by molar-refractivity contribution is -0.0518. The maximum absolute atomic E-state index is 12.8. The molecule has 0 saturated heterocycles. The molecule has 1 fully saturated rings. The Morgan fingerprint density at radius 2 is 1.25 bits per heavy atom. The Morgan fingerprint density at radius 1 is 0.812 bits per heavy atom. The average molecular weight is 432 g/mol. The summed E-state index contributed by atoms with van der Waals surface area (Å²) in [6.07, 6.45) is 9.09. The van der Waals surface area contributed by atoms with Crippen molar-refractivity contribution in [3.8, 4) is 0 Å². The number of hydrogen-bond donors (Lipinski definition) is 0. The third kappa shape index (κ3) is 3.95. The van der Waals surface area contributed by atoms with Crippen LogP contribution < -0.4 is 0 Å². The van der Waals surface area contributed by atoms with Crippen LogP contribution in [0.1, 0.15) is 57.8 Å². The smallest absolute Gasteiger partial charge is 0.358 e. The molecule has 5 rings (SSSR count). The molecule has 2 atom stereocenters. The number of pyridine rings is 2. The van der Waals surface area contributed by atoms with E-state index in [1.54, 1.807) is 21.2 Å². The van der Waals surface area contributed by atoms with Gasteiger partial charge in [0.15, 0.2) is 11.4 Å². The monoisotopic (exact) mass is 432 g/mol. The van der Waals surface area contributed by atoms with Gasteiger partial charge in [-0.1, -0.05) is 0 Å². The highest BCUT2D eigenvalue weighted by Crippen LogP contribution is 2.26. The fourth-order valence-electron chi connectivity index (χ4n) is 4.09. The minimum Gasteiger partial charge on any atom is -0.454 e. The quantitative estimate of drug-likeness (QED) is 0.454. The Morgan fingerprint density at radius 3 is 1.69 bits per heavy atom. The first-order valence-electron chi connectivity index (χ1n) is 10.8. The van der Waals surface area contributed by atoms with Crippen molar-refractivity contribution >= 4 is 23.2 Å². The Hall–Kier alpha value is -3.68. The SMILES string of the molecule is Cc1ccn2cc(C(=O)OC3CCCCC3OC(=O)c3cn4ccc(C)cc4n3)nc2c1. The highest BCUT2D eigenvalue weighted by atomic mass is 16.6. The number of rotatable bonds is 4. The van der Waals surface area contributed by atoms with Crippen LogP contribution in [0.2, 0.25) is 0 Å². The van der Waals surface area contributed by atoms with Gasteiger partial charge in [-0.2, -0.15) is 0 Å². The summed E-state index contributed by atoms with van der Waals surface area (Å²) >= 11 is 0. The molecule has 8 nitrogen and oxygen atoms in total. The van der Waals surface area contributed by atoms with E-state index in [1.807, 2.05) is 50.5 Å². The van der Waals surface area contributed by atoms with E-state index in [-0.39, 0.29) is 11.4 Å². The van der Waals surface area contributed by atoms with E-state index in [2.05, 4.69) is 9.97 Å². The van der Waals surface area contributed by atoms with Gasteiger partial charge in [-0.15, -0.1) is 0 Å². The zero-order valence-electron chi connectivity index (χ0n) is 18.0. The molecule has 0 spiro atoms. The van der Waals surface area contributed by atoms with Crippen molar-refractivity contribution in [1.29, 1.82) is 0 Å². The van der Waals surface area contributed by atoms with Gasteiger partial charge in [-0.3, -0.25) is 0 Å². The number of carbonyl (C=O) groups is 2. The van der Waals surface area contributed by atoms with E-state index in [9.17, 15) is 9.59 Å². The molecular weight excluding hydrogens is 408 g/mol. The van der Waals surface area contributed by atoms with Crippen molar-refractivity contribution in [3.05, 3.63) is 71.6 Å². The minimum absolute atomic E-state index is 0.238. The molecule has 1 saturated carbocycles. The van der Waals surface area contributed by atoms with Crippen LogP contribution in [0.25, 0.3) is 11.3 Å². The lowest BCUT2D eigenvalue weighted by Gasteiger charge is -2.30. The number of fused-ring (bicyclic) bond motifs is 2. The average Bonchev–Trinajstić information content (AvgIpc) is 3.38. The maximum Gasteiger partial charge on any atom is 0.358 e. The number of hydrogen-bond acceptors (Lipinski definition) is 6. The summed E-state index contributed by atoms with van der Waals surface area (Å²) in [6.45, 7) is 3.94. The van der Waals surface area contributed by atoms with Crippen molar-refractivity contribution in [2.24, 2.45) is 0 Å². The predicted octanol–water partition coefficient (Wildman–Crippen LogP) is 3.92. The molecule has 0 amide bonds. The van der Waals surface area contributed by atoms with E-state index >= 15 is 0 Å². The topological polar surface area (TPSA) is 87.2 Å². The lowest BCUT2D eigenvalue weighted by atomic mass is 9.94. The number of ether oxygens (including phenoxy) is 2. The first-order valence-corrected chi connectivity index (χ1v) is 10.8. The molecule has 0 aliphatic heterocycles. The second-order valence-electron chi connectivity index (χ2n) is 8.36. The van der Waals surface area contributed by atoms with Crippen molar-refractivity contribution in [2.45, 2.75) is 51.7 Å². The normalized spacial score (nSPS) is 18.7. The Bertz CT molecular complexity index is 1220. The van der Waals surface area contributed by atoms with Crippen LogP contribution in [-0.4, -0.2) is 42.9 Å². The summed E-state index contributed by atoms with van der Waals surface area (Å²) in [5.41, 5.74) is 3.97. The summed E-state index contributed by atoms with van der Waals surface area (Å²) in [5, 5.41) is 0. The highest BCUT2D eigenvalue weighted by molar-refractivity contribution is 5.89. The summed E-state index contributed by atoms with van der Waals surface area (Å²) in [5.74, 6) is -1.02. The third-order valence-electron chi connectivity index (χ3n) is 5.81. The van der Waals surface area contributed by atoms with Crippen molar-refractivity contribution in [3.63, 3.8) is 0 Å². The number of imidazole rings is 2. The molecule has 4 heterocycles. The second-order valence-corrected chi connectivity index (χ2v) is 8.36. The zero-order chi connectivity index (χ0) is 22.2. The summed E-state index contributed by atoms with van der Waals surface area (Å²) in [4.78, 5) is 34.3. The summed E-state index contributed by atoms with van der Waals surface area (Å²) in [7, 11) is 0. The van der Waals surface area contributed by atoms with Crippen molar-refractivity contribution < 1.29 is 19.1 Å². The molecule has 1 aliphatic carbocycles. The number of nitrogens with zero attached hydrogens (tertiary/aromatic N) is 4. The molecular formula is C24H24N4O4. The van der Waals surface area contributed by atoms with Crippen LogP contribution in [0.5, 0.6) is 0 Å². The third-order valence-corrected chi connectivity index (χ3v) is 5.81. The molecule has 0 N–H and O–H groups in total. The van der Waals surface area contributed by atoms with Crippen LogP contribution in [0.15, 0.2) is 49.1 Å². The van der Waals surface area contributed by atoms with Gasteiger partial charge < -0.3 is 18.3 Å². The van der Waals surface area contributed by atoms with Crippen molar-refractivity contribution in [2.75, 3.05) is 0 Å². The standard InChI is InChI=1S/C24H24N4O4/c1-15-7-9-27-13-17(25-21(27)11-15)23(29)31-19-5-3-4-6-20(19)32-24(30)18-14-28-10-8-16(2)12-22(28)26-18/h7-14,19-20H,3-6H2,1-2H3. The van der Waals surface area contributed by atoms with Gasteiger partial charge in [0.1, 0.15) is 23.5 Å². The lowest BCUT2D eigenvalue weighted by Crippen LogP contribution is -2.38. The van der Waals surface area contributed by atoms with E-state index < -0.39 is 24.1 Å².